The number of hydrogen-bond acceptors (Lipinski definition) is 5. The third kappa shape index (κ3) is 4.65. The van der Waals surface area contributed by atoms with Gasteiger partial charge in [-0.05, 0) is 26.2 Å². The van der Waals surface area contributed by atoms with Gasteiger partial charge in [0.2, 0.25) is 0 Å². The van der Waals surface area contributed by atoms with Crippen LogP contribution >= 0.6 is 0 Å². The fourth-order valence-corrected chi connectivity index (χ4v) is 3.88. The fraction of sp³-hybridized carbons (Fsp3) is 0.833. The number of carboxylic acids is 1. The van der Waals surface area contributed by atoms with Crippen molar-refractivity contribution in [3.63, 3.8) is 0 Å². The number of ether oxygens (including phenoxy) is 1. The van der Waals surface area contributed by atoms with E-state index in [1.54, 1.807) is 13.8 Å². The van der Waals surface area contributed by atoms with E-state index >= 15 is 0 Å². The first-order chi connectivity index (χ1) is 9.83. The molecule has 1 aliphatic heterocycles. The predicted molar refractivity (Wildman–Crippen MR) is 74.7 cm³/mol. The van der Waals surface area contributed by atoms with Gasteiger partial charge in [0.05, 0.1) is 6.61 Å². The number of aliphatic carboxylic acids is 1. The number of nitrogens with one attached hydrogen (secondary N) is 1. The van der Waals surface area contributed by atoms with Crippen LogP contribution in [0.25, 0.3) is 0 Å². The van der Waals surface area contributed by atoms with Gasteiger partial charge in [0.1, 0.15) is 12.1 Å². The molecule has 2 N–H and O–H groups in total. The molecule has 0 amide bonds. The average Bonchev–Trinajstić information content (AvgIpc) is 2.88. The Hall–Kier alpha value is -1.19. The van der Waals surface area contributed by atoms with E-state index in [0.29, 0.717) is 19.3 Å². The van der Waals surface area contributed by atoms with Gasteiger partial charge < -0.3 is 9.84 Å². The Morgan fingerprint density at radius 1 is 1.43 bits per heavy atom. The molecule has 2 atom stereocenters. The average molecular weight is 322 g/mol. The highest BCUT2D eigenvalue weighted by Gasteiger charge is 2.41. The molecule has 0 aliphatic carbocycles. The van der Waals surface area contributed by atoms with E-state index < -0.39 is 34.2 Å². The topological polar surface area (TPSA) is 113 Å². The van der Waals surface area contributed by atoms with Crippen molar-refractivity contribution in [3.8, 4) is 0 Å². The fourth-order valence-electron chi connectivity index (χ4n) is 2.27. The first-order valence-electron chi connectivity index (χ1n) is 7.02. The third-order valence-electron chi connectivity index (χ3n) is 3.24. The summed E-state index contributed by atoms with van der Waals surface area (Å²) in [6, 6.07) is -2.07. The second kappa shape index (κ2) is 7.71. The molecule has 9 heteroatoms. The van der Waals surface area contributed by atoms with Gasteiger partial charge >= 0.3 is 11.9 Å². The Kier molecular flexibility index (Phi) is 6.56. The summed E-state index contributed by atoms with van der Waals surface area (Å²) in [5, 5.41) is 9.03. The van der Waals surface area contributed by atoms with Crippen LogP contribution in [0.2, 0.25) is 0 Å². The van der Waals surface area contributed by atoms with Crippen LogP contribution in [0.1, 0.15) is 39.5 Å². The molecule has 1 aliphatic rings. The first-order valence-corrected chi connectivity index (χ1v) is 8.46. The van der Waals surface area contributed by atoms with E-state index in [1.165, 1.54) is 0 Å². The van der Waals surface area contributed by atoms with E-state index in [9.17, 15) is 18.0 Å². The molecular weight excluding hydrogens is 300 g/mol. The molecule has 2 unspecified atom stereocenters. The highest BCUT2D eigenvalue weighted by molar-refractivity contribution is 7.87. The second-order valence-electron chi connectivity index (χ2n) is 4.82. The molecule has 0 aromatic carbocycles. The van der Waals surface area contributed by atoms with Gasteiger partial charge in [-0.15, -0.1) is 0 Å². The van der Waals surface area contributed by atoms with Gasteiger partial charge in [-0.1, -0.05) is 13.3 Å². The van der Waals surface area contributed by atoms with Crippen molar-refractivity contribution >= 4 is 22.1 Å². The number of carbonyl (C=O) groups is 2. The summed E-state index contributed by atoms with van der Waals surface area (Å²) in [5.41, 5.74) is 0. The summed E-state index contributed by atoms with van der Waals surface area (Å²) in [6.07, 6.45) is 1.63. The van der Waals surface area contributed by atoms with Crippen molar-refractivity contribution in [1.29, 1.82) is 0 Å². The van der Waals surface area contributed by atoms with Crippen LogP contribution in [0.5, 0.6) is 0 Å². The Labute approximate surface area is 124 Å². The Balaban J connectivity index is 2.85. The van der Waals surface area contributed by atoms with E-state index in [2.05, 4.69) is 4.72 Å². The monoisotopic (exact) mass is 322 g/mol. The lowest BCUT2D eigenvalue weighted by Crippen LogP contribution is -2.51. The van der Waals surface area contributed by atoms with E-state index in [-0.39, 0.29) is 19.6 Å². The van der Waals surface area contributed by atoms with Gasteiger partial charge in [-0.3, -0.25) is 9.59 Å². The third-order valence-corrected chi connectivity index (χ3v) is 4.87. The van der Waals surface area contributed by atoms with Crippen molar-refractivity contribution in [1.82, 2.24) is 9.03 Å². The molecular formula is C12H22N2O6S. The van der Waals surface area contributed by atoms with Gasteiger partial charge in [-0.25, -0.2) is 0 Å². The lowest BCUT2D eigenvalue weighted by atomic mass is 10.2. The molecule has 1 fully saturated rings. The smallest absolute Gasteiger partial charge is 0.324 e. The number of nitrogens with zero attached hydrogens (tertiary/aromatic N) is 1. The molecule has 1 rings (SSSR count). The van der Waals surface area contributed by atoms with Crippen molar-refractivity contribution in [2.24, 2.45) is 0 Å². The Morgan fingerprint density at radius 2 is 2.10 bits per heavy atom. The second-order valence-corrected chi connectivity index (χ2v) is 6.48. The van der Waals surface area contributed by atoms with E-state index in [4.69, 9.17) is 9.84 Å². The molecule has 8 nitrogen and oxygen atoms in total. The van der Waals surface area contributed by atoms with Crippen molar-refractivity contribution < 1.29 is 27.9 Å². The van der Waals surface area contributed by atoms with Crippen LogP contribution in [0.3, 0.4) is 0 Å². The minimum atomic E-state index is -4.04. The minimum absolute atomic E-state index is 0.171. The number of carbonyl (C=O) groups excluding carboxylic acids is 1. The maximum absolute atomic E-state index is 12.3. The molecule has 0 radical (unpaired) electrons. The molecule has 0 aromatic heterocycles. The Bertz CT molecular complexity index is 478. The van der Waals surface area contributed by atoms with Crippen LogP contribution in [-0.2, 0) is 24.5 Å². The van der Waals surface area contributed by atoms with Crippen LogP contribution in [0, 0.1) is 0 Å². The predicted octanol–water partition coefficient (Wildman–Crippen LogP) is 0.102. The Morgan fingerprint density at radius 3 is 2.62 bits per heavy atom. The van der Waals surface area contributed by atoms with E-state index in [0.717, 1.165) is 4.31 Å². The molecule has 21 heavy (non-hydrogen) atoms. The molecule has 122 valence electrons. The molecule has 0 spiro atoms. The quantitative estimate of drug-likeness (QED) is 0.613. The SMILES string of the molecule is CCCC(NS(=O)(=O)N1CCCC1C(=O)OCC)C(=O)O. The summed E-state index contributed by atoms with van der Waals surface area (Å²) >= 11 is 0. The lowest BCUT2D eigenvalue weighted by molar-refractivity contribution is -0.146. The maximum Gasteiger partial charge on any atom is 0.324 e. The molecule has 0 saturated carbocycles. The largest absolute Gasteiger partial charge is 0.480 e. The zero-order valence-electron chi connectivity index (χ0n) is 12.2. The van der Waals surface area contributed by atoms with Crippen LogP contribution in [0.15, 0.2) is 0 Å². The number of hydrogen-bond donors (Lipinski definition) is 2. The number of esters is 1. The first kappa shape index (κ1) is 17.9. The number of rotatable bonds is 8. The van der Waals surface area contributed by atoms with Gasteiger partial charge in [0.15, 0.2) is 0 Å². The van der Waals surface area contributed by atoms with E-state index in [1.807, 2.05) is 0 Å². The zero-order chi connectivity index (χ0) is 16.0. The van der Waals surface area contributed by atoms with Gasteiger partial charge in [0.25, 0.3) is 10.2 Å². The summed E-state index contributed by atoms with van der Waals surface area (Å²) in [6.45, 7) is 3.76. The summed E-state index contributed by atoms with van der Waals surface area (Å²) < 4.78 is 32.6. The van der Waals surface area contributed by atoms with Crippen molar-refractivity contribution in [2.75, 3.05) is 13.2 Å². The summed E-state index contributed by atoms with van der Waals surface area (Å²) in [5.74, 6) is -1.82. The van der Waals surface area contributed by atoms with Crippen molar-refractivity contribution in [3.05, 3.63) is 0 Å². The zero-order valence-corrected chi connectivity index (χ0v) is 13.1. The molecule has 0 aromatic rings. The van der Waals surface area contributed by atoms with Crippen LogP contribution < -0.4 is 4.72 Å². The summed E-state index contributed by atoms with van der Waals surface area (Å²) in [7, 11) is -4.04. The molecule has 1 saturated heterocycles. The maximum atomic E-state index is 12.3. The van der Waals surface area contributed by atoms with Crippen LogP contribution in [-0.4, -0.2) is 55.0 Å². The highest BCUT2D eigenvalue weighted by atomic mass is 32.2. The standard InChI is InChI=1S/C12H22N2O6S/c1-3-6-9(11(15)16)13-21(18,19)14-8-5-7-10(14)12(17)20-4-2/h9-10,13H,3-8H2,1-2H3,(H,15,16). The summed E-state index contributed by atoms with van der Waals surface area (Å²) in [4.78, 5) is 22.8. The number of carboxylic acid groups (broad SMARTS) is 1. The van der Waals surface area contributed by atoms with Crippen LogP contribution in [0.4, 0.5) is 0 Å². The van der Waals surface area contributed by atoms with Gasteiger partial charge in [0, 0.05) is 6.54 Å². The molecule has 1 heterocycles. The van der Waals surface area contributed by atoms with Gasteiger partial charge in [-0.2, -0.15) is 17.4 Å². The van der Waals surface area contributed by atoms with Crippen molar-refractivity contribution in [2.45, 2.75) is 51.6 Å². The normalized spacial score (nSPS) is 21.1. The lowest BCUT2D eigenvalue weighted by Gasteiger charge is -2.24. The molecule has 0 bridgehead atoms. The highest BCUT2D eigenvalue weighted by Crippen LogP contribution is 2.22. The minimum Gasteiger partial charge on any atom is -0.480 e.